The van der Waals surface area contributed by atoms with Crippen LogP contribution >= 0.6 is 23.1 Å². The third-order valence-corrected chi connectivity index (χ3v) is 5.20. The Balaban J connectivity index is 2.82. The molecular weight excluding hydrogens is 304 g/mol. The first-order chi connectivity index (χ1) is 9.84. The molecule has 1 unspecified atom stereocenters. The Labute approximate surface area is 136 Å². The Hall–Kier alpha value is -0.750. The van der Waals surface area contributed by atoms with Crippen molar-refractivity contribution in [1.82, 2.24) is 4.98 Å². The van der Waals surface area contributed by atoms with Gasteiger partial charge in [-0.1, -0.05) is 0 Å². The molecule has 1 atom stereocenters. The highest BCUT2D eigenvalue weighted by Gasteiger charge is 2.34. The molecular formula is C15H26N2O2S2. The summed E-state index contributed by atoms with van der Waals surface area (Å²) in [6, 6.07) is 0.433. The van der Waals surface area contributed by atoms with Gasteiger partial charge in [-0.2, -0.15) is 11.8 Å². The number of aromatic nitrogens is 1. The lowest BCUT2D eigenvalue weighted by atomic mass is 9.90. The molecule has 1 aromatic rings. The van der Waals surface area contributed by atoms with Crippen molar-refractivity contribution in [1.29, 1.82) is 0 Å². The zero-order chi connectivity index (χ0) is 16.0. The van der Waals surface area contributed by atoms with E-state index in [1.807, 2.05) is 37.9 Å². The molecule has 0 spiro atoms. The number of carbonyl (C=O) groups excluding carboxylic acids is 1. The maximum Gasteiger partial charge on any atom is 0.317 e. The third-order valence-electron chi connectivity index (χ3n) is 3.62. The minimum atomic E-state index is -0.700. The number of hydrogen-bond donors (Lipinski definition) is 0. The first-order valence-electron chi connectivity index (χ1n) is 7.19. The first-order valence-corrected chi connectivity index (χ1v) is 9.46. The Morgan fingerprint density at radius 1 is 1.57 bits per heavy atom. The van der Waals surface area contributed by atoms with Crippen LogP contribution in [0, 0.1) is 0 Å². The molecule has 0 fully saturated rings. The van der Waals surface area contributed by atoms with Gasteiger partial charge < -0.3 is 9.64 Å². The van der Waals surface area contributed by atoms with Gasteiger partial charge in [0.15, 0.2) is 5.13 Å². The fraction of sp³-hybridized carbons (Fsp3) is 0.733. The van der Waals surface area contributed by atoms with E-state index >= 15 is 0 Å². The number of carbonyl (C=O) groups is 1. The highest BCUT2D eigenvalue weighted by atomic mass is 32.2. The molecule has 120 valence electrons. The lowest BCUT2D eigenvalue weighted by Gasteiger charge is -2.24. The molecule has 0 aliphatic carbocycles. The summed E-state index contributed by atoms with van der Waals surface area (Å²) in [5.74, 6) is 0.915. The van der Waals surface area contributed by atoms with Crippen molar-refractivity contribution in [3.05, 3.63) is 11.1 Å². The van der Waals surface area contributed by atoms with Crippen molar-refractivity contribution in [2.45, 2.75) is 45.6 Å². The second kappa shape index (κ2) is 8.03. The van der Waals surface area contributed by atoms with Gasteiger partial charge in [-0.05, 0) is 46.1 Å². The quantitative estimate of drug-likeness (QED) is 0.682. The van der Waals surface area contributed by atoms with E-state index in [1.165, 1.54) is 0 Å². The maximum absolute atomic E-state index is 12.0. The number of nitrogens with zero attached hydrogens (tertiary/aromatic N) is 2. The van der Waals surface area contributed by atoms with Gasteiger partial charge in [-0.25, -0.2) is 4.98 Å². The number of thioether (sulfide) groups is 1. The predicted octanol–water partition coefficient (Wildman–Crippen LogP) is 3.56. The molecule has 4 nitrogen and oxygen atoms in total. The van der Waals surface area contributed by atoms with Crippen LogP contribution in [0.3, 0.4) is 0 Å². The SMILES string of the molecule is CCOC(=O)C(C)(C)c1csc(N(C)C(C)CCSC)n1. The van der Waals surface area contributed by atoms with Crippen LogP contribution in [0.25, 0.3) is 0 Å². The minimum absolute atomic E-state index is 0.222. The molecule has 1 aromatic heterocycles. The Bertz CT molecular complexity index is 460. The van der Waals surface area contributed by atoms with E-state index in [2.05, 4.69) is 30.1 Å². The molecule has 1 rings (SSSR count). The average molecular weight is 331 g/mol. The Kier molecular flexibility index (Phi) is 7.00. The lowest BCUT2D eigenvalue weighted by molar-refractivity contribution is -0.148. The number of anilines is 1. The van der Waals surface area contributed by atoms with Crippen LogP contribution in [0.5, 0.6) is 0 Å². The van der Waals surface area contributed by atoms with Crippen molar-refractivity contribution < 1.29 is 9.53 Å². The van der Waals surface area contributed by atoms with Gasteiger partial charge in [0, 0.05) is 18.5 Å². The topological polar surface area (TPSA) is 42.4 Å². The van der Waals surface area contributed by atoms with Crippen molar-refractivity contribution in [3.63, 3.8) is 0 Å². The summed E-state index contributed by atoms with van der Waals surface area (Å²) in [4.78, 5) is 18.9. The van der Waals surface area contributed by atoms with Crippen molar-refractivity contribution in [3.8, 4) is 0 Å². The lowest BCUT2D eigenvalue weighted by Crippen LogP contribution is -2.32. The number of ether oxygens (including phenoxy) is 1. The summed E-state index contributed by atoms with van der Waals surface area (Å²) in [5, 5.41) is 2.92. The number of esters is 1. The zero-order valence-electron chi connectivity index (χ0n) is 13.8. The summed E-state index contributed by atoms with van der Waals surface area (Å²) in [5.41, 5.74) is 0.0820. The van der Waals surface area contributed by atoms with Gasteiger partial charge in [-0.15, -0.1) is 11.3 Å². The Morgan fingerprint density at radius 3 is 2.81 bits per heavy atom. The summed E-state index contributed by atoms with van der Waals surface area (Å²) in [6.07, 6.45) is 3.24. The highest BCUT2D eigenvalue weighted by molar-refractivity contribution is 7.98. The van der Waals surface area contributed by atoms with Crippen LogP contribution in [0.1, 0.15) is 39.8 Å². The van der Waals surface area contributed by atoms with Crippen LogP contribution in [0.2, 0.25) is 0 Å². The van der Waals surface area contributed by atoms with Gasteiger partial charge in [0.2, 0.25) is 0 Å². The van der Waals surface area contributed by atoms with Crippen LogP contribution in [0.15, 0.2) is 5.38 Å². The van der Waals surface area contributed by atoms with E-state index in [9.17, 15) is 4.79 Å². The summed E-state index contributed by atoms with van der Waals surface area (Å²) >= 11 is 3.44. The second-order valence-corrected chi connectivity index (χ2v) is 7.42. The fourth-order valence-corrected chi connectivity index (χ4v) is 3.44. The van der Waals surface area contributed by atoms with E-state index in [0.29, 0.717) is 12.6 Å². The third kappa shape index (κ3) is 4.61. The van der Waals surface area contributed by atoms with Crippen LogP contribution < -0.4 is 4.90 Å². The molecule has 0 bridgehead atoms. The number of hydrogen-bond acceptors (Lipinski definition) is 6. The van der Waals surface area contributed by atoms with Crippen LogP contribution in [-0.2, 0) is 14.9 Å². The van der Waals surface area contributed by atoms with Gasteiger partial charge in [0.25, 0.3) is 0 Å². The average Bonchev–Trinajstić information content (AvgIpc) is 2.94. The van der Waals surface area contributed by atoms with Crippen LogP contribution in [0.4, 0.5) is 5.13 Å². The molecule has 0 amide bonds. The van der Waals surface area contributed by atoms with Gasteiger partial charge in [-0.3, -0.25) is 4.79 Å². The normalized spacial score (nSPS) is 13.0. The zero-order valence-corrected chi connectivity index (χ0v) is 15.4. The van der Waals surface area contributed by atoms with E-state index in [-0.39, 0.29) is 5.97 Å². The molecule has 0 N–H and O–H groups in total. The molecule has 0 aliphatic rings. The highest BCUT2D eigenvalue weighted by Crippen LogP contribution is 2.30. The van der Waals surface area contributed by atoms with E-state index < -0.39 is 5.41 Å². The molecule has 6 heteroatoms. The van der Waals surface area contributed by atoms with Crippen LogP contribution in [-0.4, -0.2) is 42.7 Å². The van der Waals surface area contributed by atoms with Crippen molar-refractivity contribution in [2.24, 2.45) is 0 Å². The van der Waals surface area contributed by atoms with Gasteiger partial charge >= 0.3 is 5.97 Å². The maximum atomic E-state index is 12.0. The summed E-state index contributed by atoms with van der Waals surface area (Å²) < 4.78 is 5.14. The molecule has 0 saturated carbocycles. The van der Waals surface area contributed by atoms with Gasteiger partial charge in [0.1, 0.15) is 5.41 Å². The van der Waals surface area contributed by atoms with Crippen molar-refractivity contribution in [2.75, 3.05) is 30.6 Å². The van der Waals surface area contributed by atoms with Gasteiger partial charge in [0.05, 0.1) is 12.3 Å². The largest absolute Gasteiger partial charge is 0.465 e. The van der Waals surface area contributed by atoms with Crippen molar-refractivity contribution >= 4 is 34.2 Å². The molecule has 0 aliphatic heterocycles. The smallest absolute Gasteiger partial charge is 0.317 e. The fourth-order valence-electron chi connectivity index (χ4n) is 1.80. The monoisotopic (exact) mass is 330 g/mol. The van der Waals surface area contributed by atoms with E-state index in [0.717, 1.165) is 23.0 Å². The summed E-state index contributed by atoms with van der Waals surface area (Å²) in [7, 11) is 2.06. The first kappa shape index (κ1) is 18.3. The second-order valence-electron chi connectivity index (χ2n) is 5.60. The minimum Gasteiger partial charge on any atom is -0.465 e. The van der Waals surface area contributed by atoms with E-state index in [1.54, 1.807) is 11.3 Å². The predicted molar refractivity (Wildman–Crippen MR) is 92.6 cm³/mol. The number of rotatable bonds is 8. The molecule has 0 aromatic carbocycles. The summed E-state index contributed by atoms with van der Waals surface area (Å²) in [6.45, 7) is 8.14. The molecule has 0 radical (unpaired) electrons. The standard InChI is InChI=1S/C15H26N2O2S2/c1-7-19-13(18)15(3,4)12-10-21-14(16-12)17(5)11(2)8-9-20-6/h10-11H,7-9H2,1-6H3. The molecule has 21 heavy (non-hydrogen) atoms. The molecule has 1 heterocycles. The van der Waals surface area contributed by atoms with E-state index in [4.69, 9.17) is 4.74 Å². The Morgan fingerprint density at radius 2 is 2.24 bits per heavy atom. The molecule has 0 saturated heterocycles. The number of thiazole rings is 1.